The molecule has 0 N–H and O–H groups in total. The topological polar surface area (TPSA) is 111 Å². The molecule has 10 heteroatoms. The first-order chi connectivity index (χ1) is 27.0. The first-order valence-corrected chi connectivity index (χ1v) is 23.8. The quantitative estimate of drug-likeness (QED) is 0.0150. The summed E-state index contributed by atoms with van der Waals surface area (Å²) in [5.74, 6) is -0.918. The van der Waals surface area contributed by atoms with Crippen molar-refractivity contribution in [1.82, 2.24) is 0 Å². The van der Waals surface area contributed by atoms with Gasteiger partial charge in [-0.25, -0.2) is 0 Å². The van der Waals surface area contributed by atoms with Crippen LogP contribution >= 0.6 is 7.82 Å². The number of likely N-dealkylation sites (N-methyl/N-ethyl adjacent to an activating group) is 1. The van der Waals surface area contributed by atoms with E-state index in [1.807, 2.05) is 33.3 Å². The van der Waals surface area contributed by atoms with E-state index < -0.39 is 32.5 Å². The molecule has 0 aromatic carbocycles. The summed E-state index contributed by atoms with van der Waals surface area (Å²) < 4.78 is 33.8. The molecule has 0 aliphatic carbocycles. The van der Waals surface area contributed by atoms with E-state index in [0.717, 1.165) is 44.9 Å². The molecule has 0 aromatic rings. The molecule has 0 heterocycles. The second-order valence-corrected chi connectivity index (χ2v) is 17.5. The minimum atomic E-state index is -4.64. The lowest BCUT2D eigenvalue weighted by atomic mass is 10.1. The van der Waals surface area contributed by atoms with Gasteiger partial charge < -0.3 is 27.9 Å². The van der Waals surface area contributed by atoms with Crippen molar-refractivity contribution in [2.45, 2.75) is 187 Å². The molecule has 0 saturated carbocycles. The highest BCUT2D eigenvalue weighted by molar-refractivity contribution is 7.45. The van der Waals surface area contributed by atoms with Crippen LogP contribution in [0.15, 0.2) is 48.6 Å². The normalized spacial score (nSPS) is 14.0. The lowest BCUT2D eigenvalue weighted by Gasteiger charge is -2.28. The Hall–Kier alpha value is -2.03. The molecule has 0 radical (unpaired) electrons. The van der Waals surface area contributed by atoms with Gasteiger partial charge in [0.25, 0.3) is 7.82 Å². The van der Waals surface area contributed by atoms with Crippen LogP contribution in [0.5, 0.6) is 0 Å². The summed E-state index contributed by atoms with van der Waals surface area (Å²) in [7, 11) is 1.13. The maximum atomic E-state index is 12.6. The monoisotopic (exact) mass is 810 g/mol. The van der Waals surface area contributed by atoms with Gasteiger partial charge in [-0.15, -0.1) is 0 Å². The van der Waals surface area contributed by atoms with Crippen LogP contribution in [0.2, 0.25) is 0 Å². The second-order valence-electron chi connectivity index (χ2n) is 16.1. The largest absolute Gasteiger partial charge is 0.756 e. The smallest absolute Gasteiger partial charge is 0.306 e. The van der Waals surface area contributed by atoms with Crippen molar-refractivity contribution >= 4 is 19.8 Å². The van der Waals surface area contributed by atoms with E-state index in [1.54, 1.807) is 0 Å². The first kappa shape index (κ1) is 54.0. The van der Waals surface area contributed by atoms with E-state index in [0.29, 0.717) is 17.4 Å². The fourth-order valence-corrected chi connectivity index (χ4v) is 6.54. The Kier molecular flexibility index (Phi) is 37.1. The molecule has 9 nitrogen and oxygen atoms in total. The fraction of sp³-hybridized carbons (Fsp3) is 0.783. The van der Waals surface area contributed by atoms with Crippen LogP contribution in [0.3, 0.4) is 0 Å². The highest BCUT2D eigenvalue weighted by Crippen LogP contribution is 2.38. The van der Waals surface area contributed by atoms with E-state index in [2.05, 4.69) is 50.3 Å². The number of phosphoric ester groups is 1. The number of hydrogen-bond acceptors (Lipinski definition) is 8. The molecule has 0 aliphatic heterocycles. The summed E-state index contributed by atoms with van der Waals surface area (Å²) in [6.45, 7) is 4.12. The van der Waals surface area contributed by atoms with E-state index >= 15 is 0 Å². The Bertz CT molecular complexity index is 1100. The molecule has 0 aliphatic rings. The molecular formula is C46H84NO8P. The summed E-state index contributed by atoms with van der Waals surface area (Å²) in [5.41, 5.74) is 0. The molecule has 2 unspecified atom stereocenters. The molecule has 0 spiro atoms. The lowest BCUT2D eigenvalue weighted by Crippen LogP contribution is -2.37. The summed E-state index contributed by atoms with van der Waals surface area (Å²) >= 11 is 0. The molecule has 0 aromatic heterocycles. The molecule has 0 fully saturated rings. The maximum Gasteiger partial charge on any atom is 0.306 e. The summed E-state index contributed by atoms with van der Waals surface area (Å²) in [4.78, 5) is 37.5. The van der Waals surface area contributed by atoms with Crippen LogP contribution in [0, 0.1) is 0 Å². The number of unbranched alkanes of at least 4 members (excludes halogenated alkanes) is 19. The number of carbonyl (C=O) groups is 2. The van der Waals surface area contributed by atoms with Gasteiger partial charge in [0.05, 0.1) is 27.7 Å². The van der Waals surface area contributed by atoms with Crippen molar-refractivity contribution in [2.24, 2.45) is 0 Å². The third-order valence-electron chi connectivity index (χ3n) is 9.36. The molecule has 2 atom stereocenters. The van der Waals surface area contributed by atoms with Gasteiger partial charge in [0.1, 0.15) is 19.8 Å². The minimum Gasteiger partial charge on any atom is -0.756 e. The van der Waals surface area contributed by atoms with Crippen molar-refractivity contribution in [3.05, 3.63) is 48.6 Å². The summed E-state index contributed by atoms with van der Waals surface area (Å²) in [6, 6.07) is 0. The number of allylic oxidation sites excluding steroid dienone is 8. The number of esters is 2. The third kappa shape index (κ3) is 41.6. The Morgan fingerprint density at radius 2 is 1.05 bits per heavy atom. The average molecular weight is 810 g/mol. The SMILES string of the molecule is CCCCC/C=C/C=C/CCCCCCCCCCCCC(=O)OCC(COP(=O)([O-])OCC[N+](C)(C)C)OC(=O)CC/C=C/C/C=C/CCCCCCCC. The van der Waals surface area contributed by atoms with E-state index in [4.69, 9.17) is 18.5 Å². The van der Waals surface area contributed by atoms with Gasteiger partial charge >= 0.3 is 11.9 Å². The number of phosphoric acid groups is 1. The molecule has 326 valence electrons. The van der Waals surface area contributed by atoms with E-state index in [-0.39, 0.29) is 26.1 Å². The molecule has 0 saturated heterocycles. The Morgan fingerprint density at radius 1 is 0.571 bits per heavy atom. The lowest BCUT2D eigenvalue weighted by molar-refractivity contribution is -0.870. The average Bonchev–Trinajstić information content (AvgIpc) is 3.15. The van der Waals surface area contributed by atoms with Gasteiger partial charge in [-0.2, -0.15) is 0 Å². The van der Waals surface area contributed by atoms with Crippen molar-refractivity contribution < 1.29 is 42.1 Å². The number of rotatable bonds is 40. The van der Waals surface area contributed by atoms with Gasteiger partial charge in [0, 0.05) is 12.8 Å². The zero-order valence-corrected chi connectivity index (χ0v) is 37.5. The van der Waals surface area contributed by atoms with Gasteiger partial charge in [-0.1, -0.05) is 159 Å². The molecule has 0 bridgehead atoms. The van der Waals surface area contributed by atoms with Crippen molar-refractivity contribution in [2.75, 3.05) is 47.5 Å². The minimum absolute atomic E-state index is 0.0416. The Labute approximate surface area is 343 Å². The van der Waals surface area contributed by atoms with Crippen LogP contribution in [0.1, 0.15) is 181 Å². The van der Waals surface area contributed by atoms with Crippen LogP contribution in [-0.2, 0) is 32.7 Å². The van der Waals surface area contributed by atoms with Crippen molar-refractivity contribution in [3.8, 4) is 0 Å². The van der Waals surface area contributed by atoms with Gasteiger partial charge in [0.2, 0.25) is 0 Å². The standard InChI is InChI=1S/C46H84NO8P/c1-6-8-10-12-14-16-18-20-21-22-23-24-25-27-28-30-32-34-36-38-45(48)52-42-44(43-54-56(50,51)53-41-40-47(3,4)5)55-46(49)39-37-35-33-31-29-26-19-17-15-13-11-9-7-2/h14,16,18,20,26,29,33,35,44H,6-13,15,17,19,21-25,27-28,30-32,34,36-43H2,1-5H3/b16-14+,20-18+,29-26+,35-33+. The fourth-order valence-electron chi connectivity index (χ4n) is 5.82. The molecule has 56 heavy (non-hydrogen) atoms. The van der Waals surface area contributed by atoms with Crippen LogP contribution in [-0.4, -0.2) is 70.0 Å². The Morgan fingerprint density at radius 3 is 1.62 bits per heavy atom. The number of quaternary nitrogens is 1. The van der Waals surface area contributed by atoms with E-state index in [1.165, 1.54) is 103 Å². The maximum absolute atomic E-state index is 12.6. The van der Waals surface area contributed by atoms with Crippen molar-refractivity contribution in [1.29, 1.82) is 0 Å². The Balaban J connectivity index is 4.37. The van der Waals surface area contributed by atoms with Gasteiger partial charge in [-0.05, 0) is 57.8 Å². The van der Waals surface area contributed by atoms with Gasteiger partial charge in [0.15, 0.2) is 6.10 Å². The van der Waals surface area contributed by atoms with Crippen molar-refractivity contribution in [3.63, 3.8) is 0 Å². The van der Waals surface area contributed by atoms with Crippen LogP contribution in [0.25, 0.3) is 0 Å². The number of carbonyl (C=O) groups excluding carboxylic acids is 2. The highest BCUT2D eigenvalue weighted by Gasteiger charge is 2.21. The second kappa shape index (κ2) is 38.5. The number of nitrogens with zero attached hydrogens (tertiary/aromatic N) is 1. The predicted molar refractivity (Wildman–Crippen MR) is 231 cm³/mol. The first-order valence-electron chi connectivity index (χ1n) is 22.4. The molecular weight excluding hydrogens is 725 g/mol. The highest BCUT2D eigenvalue weighted by atomic mass is 31.2. The number of ether oxygens (including phenoxy) is 2. The van der Waals surface area contributed by atoms with Crippen LogP contribution in [0.4, 0.5) is 0 Å². The van der Waals surface area contributed by atoms with E-state index in [9.17, 15) is 19.0 Å². The summed E-state index contributed by atoms with van der Waals surface area (Å²) in [5, 5.41) is 0. The summed E-state index contributed by atoms with van der Waals surface area (Å²) in [6.07, 6.45) is 44.4. The van der Waals surface area contributed by atoms with Crippen LogP contribution < -0.4 is 4.89 Å². The molecule has 0 rings (SSSR count). The van der Waals surface area contributed by atoms with Gasteiger partial charge in [-0.3, -0.25) is 14.2 Å². The number of hydrogen-bond donors (Lipinski definition) is 0. The predicted octanol–water partition coefficient (Wildman–Crippen LogP) is 12.1. The zero-order valence-electron chi connectivity index (χ0n) is 36.6. The molecule has 0 amide bonds. The third-order valence-corrected chi connectivity index (χ3v) is 10.3. The zero-order chi connectivity index (χ0) is 41.4.